The molecule has 2 saturated heterocycles. The van der Waals surface area contributed by atoms with E-state index < -0.39 is 16.5 Å². The fourth-order valence-electron chi connectivity index (χ4n) is 4.55. The first-order chi connectivity index (χ1) is 13.4. The first kappa shape index (κ1) is 20.5. The standard InChI is InChI=1S/C19H28N4O5/c1-14-15(13-24)11-17(22(25)26)19(18(14)23(27)28)21-10-6-7-16(12-21)20-8-4-2-3-5-9-20/h11,16,24H,2-10,12-13H2,1H3. The Hall–Kier alpha value is -2.26. The first-order valence-electron chi connectivity index (χ1n) is 9.99. The van der Waals surface area contributed by atoms with Crippen LogP contribution in [0.25, 0.3) is 0 Å². The fraction of sp³-hybridized carbons (Fsp3) is 0.684. The molecule has 28 heavy (non-hydrogen) atoms. The van der Waals surface area contributed by atoms with E-state index in [1.54, 1.807) is 6.92 Å². The van der Waals surface area contributed by atoms with Crippen LogP contribution in [0.15, 0.2) is 6.07 Å². The molecule has 2 aliphatic rings. The van der Waals surface area contributed by atoms with Crippen LogP contribution in [0.3, 0.4) is 0 Å². The maximum absolute atomic E-state index is 11.8. The van der Waals surface area contributed by atoms with Crippen molar-refractivity contribution in [1.82, 2.24) is 4.90 Å². The maximum Gasteiger partial charge on any atom is 0.302 e. The highest BCUT2D eigenvalue weighted by atomic mass is 16.6. The normalized spacial score (nSPS) is 21.4. The monoisotopic (exact) mass is 392 g/mol. The first-order valence-corrected chi connectivity index (χ1v) is 9.99. The van der Waals surface area contributed by atoms with E-state index in [-0.39, 0.29) is 28.7 Å². The van der Waals surface area contributed by atoms with E-state index in [1.807, 2.05) is 4.90 Å². The average molecular weight is 392 g/mol. The van der Waals surface area contributed by atoms with Crippen LogP contribution in [0.4, 0.5) is 17.1 Å². The number of rotatable bonds is 5. The molecule has 2 aliphatic heterocycles. The molecule has 154 valence electrons. The Labute approximate surface area is 164 Å². The highest BCUT2D eigenvalue weighted by molar-refractivity contribution is 5.79. The topological polar surface area (TPSA) is 113 Å². The zero-order valence-corrected chi connectivity index (χ0v) is 16.3. The van der Waals surface area contributed by atoms with E-state index in [0.717, 1.165) is 38.8 Å². The summed E-state index contributed by atoms with van der Waals surface area (Å²) >= 11 is 0. The third kappa shape index (κ3) is 4.10. The quantitative estimate of drug-likeness (QED) is 0.605. The second-order valence-corrected chi connectivity index (χ2v) is 7.74. The molecule has 0 aliphatic carbocycles. The number of hydrogen-bond donors (Lipinski definition) is 1. The van der Waals surface area contributed by atoms with E-state index in [2.05, 4.69) is 4.90 Å². The van der Waals surface area contributed by atoms with Crippen LogP contribution in [-0.2, 0) is 6.61 Å². The van der Waals surface area contributed by atoms with Gasteiger partial charge in [-0.3, -0.25) is 25.1 Å². The second-order valence-electron chi connectivity index (χ2n) is 7.74. The number of anilines is 1. The maximum atomic E-state index is 11.8. The van der Waals surface area contributed by atoms with Gasteiger partial charge in [0.05, 0.1) is 16.5 Å². The summed E-state index contributed by atoms with van der Waals surface area (Å²) in [6.45, 7) is 4.23. The highest BCUT2D eigenvalue weighted by Gasteiger charge is 2.36. The Bertz CT molecular complexity index is 746. The van der Waals surface area contributed by atoms with Gasteiger partial charge in [-0.15, -0.1) is 0 Å². The van der Waals surface area contributed by atoms with Crippen molar-refractivity contribution in [3.05, 3.63) is 37.4 Å². The largest absolute Gasteiger partial charge is 0.392 e. The molecule has 1 N–H and O–H groups in total. The molecule has 9 heteroatoms. The van der Waals surface area contributed by atoms with Gasteiger partial charge in [-0.1, -0.05) is 12.8 Å². The van der Waals surface area contributed by atoms with Crippen molar-refractivity contribution in [2.24, 2.45) is 0 Å². The summed E-state index contributed by atoms with van der Waals surface area (Å²) in [5, 5.41) is 33.0. The van der Waals surface area contributed by atoms with E-state index in [0.29, 0.717) is 18.7 Å². The SMILES string of the molecule is Cc1c(CO)cc([N+](=O)[O-])c(N2CCCC(N3CCCCCC3)C2)c1[N+](=O)[O-]. The van der Waals surface area contributed by atoms with Gasteiger partial charge in [-0.25, -0.2) is 0 Å². The average Bonchev–Trinajstić information content (AvgIpc) is 2.96. The molecular formula is C19H28N4O5. The van der Waals surface area contributed by atoms with Gasteiger partial charge in [0.1, 0.15) is 0 Å². The number of likely N-dealkylation sites (tertiary alicyclic amines) is 1. The lowest BCUT2D eigenvalue weighted by Gasteiger charge is -2.39. The minimum atomic E-state index is -0.573. The molecule has 2 heterocycles. The molecule has 1 unspecified atom stereocenters. The van der Waals surface area contributed by atoms with Crippen molar-refractivity contribution in [3.63, 3.8) is 0 Å². The lowest BCUT2D eigenvalue weighted by Crippen LogP contribution is -2.48. The van der Waals surface area contributed by atoms with Crippen LogP contribution in [-0.4, -0.2) is 52.1 Å². The summed E-state index contributed by atoms with van der Waals surface area (Å²) in [7, 11) is 0. The third-order valence-corrected chi connectivity index (χ3v) is 6.03. The van der Waals surface area contributed by atoms with Gasteiger partial charge in [-0.05, 0) is 51.3 Å². The van der Waals surface area contributed by atoms with Gasteiger partial charge in [0.15, 0.2) is 5.69 Å². The summed E-state index contributed by atoms with van der Waals surface area (Å²) in [4.78, 5) is 26.7. The van der Waals surface area contributed by atoms with Crippen LogP contribution >= 0.6 is 0 Å². The number of benzene rings is 1. The molecule has 0 amide bonds. The molecule has 3 rings (SSSR count). The third-order valence-electron chi connectivity index (χ3n) is 6.03. The van der Waals surface area contributed by atoms with Crippen molar-refractivity contribution in [2.45, 2.75) is 58.1 Å². The molecule has 1 aromatic carbocycles. The minimum absolute atomic E-state index is 0.0872. The number of nitrogens with zero attached hydrogens (tertiary/aromatic N) is 4. The minimum Gasteiger partial charge on any atom is -0.392 e. The molecule has 1 aromatic rings. The Morgan fingerprint density at radius 2 is 1.75 bits per heavy atom. The smallest absolute Gasteiger partial charge is 0.302 e. The predicted octanol–water partition coefficient (Wildman–Crippen LogP) is 3.15. The number of hydrogen-bond acceptors (Lipinski definition) is 7. The molecule has 0 bridgehead atoms. The van der Waals surface area contributed by atoms with Crippen LogP contribution in [0.5, 0.6) is 0 Å². The fourth-order valence-corrected chi connectivity index (χ4v) is 4.55. The van der Waals surface area contributed by atoms with Crippen LogP contribution in [0, 0.1) is 27.2 Å². The molecule has 9 nitrogen and oxygen atoms in total. The molecular weight excluding hydrogens is 364 g/mol. The summed E-state index contributed by atoms with van der Waals surface area (Å²) in [5.74, 6) is 0. The van der Waals surface area contributed by atoms with Gasteiger partial charge in [-0.2, -0.15) is 0 Å². The Balaban J connectivity index is 2.00. The summed E-state index contributed by atoms with van der Waals surface area (Å²) in [6.07, 6.45) is 6.61. The van der Waals surface area contributed by atoms with E-state index in [4.69, 9.17) is 0 Å². The summed E-state index contributed by atoms with van der Waals surface area (Å²) in [5.41, 5.74) is 0.0603. The van der Waals surface area contributed by atoms with Crippen molar-refractivity contribution in [1.29, 1.82) is 0 Å². The highest BCUT2D eigenvalue weighted by Crippen LogP contribution is 2.43. The Morgan fingerprint density at radius 1 is 1.07 bits per heavy atom. The van der Waals surface area contributed by atoms with E-state index >= 15 is 0 Å². The number of aliphatic hydroxyl groups is 1. The lowest BCUT2D eigenvalue weighted by atomic mass is 9.99. The van der Waals surface area contributed by atoms with Gasteiger partial charge in [0, 0.05) is 30.8 Å². The molecule has 0 saturated carbocycles. The zero-order chi connectivity index (χ0) is 20.3. The molecule has 0 spiro atoms. The summed E-state index contributed by atoms with van der Waals surface area (Å²) in [6, 6.07) is 1.54. The second kappa shape index (κ2) is 8.83. The Morgan fingerprint density at radius 3 is 2.32 bits per heavy atom. The Kier molecular flexibility index (Phi) is 6.46. The van der Waals surface area contributed by atoms with Crippen molar-refractivity contribution in [3.8, 4) is 0 Å². The van der Waals surface area contributed by atoms with Crippen molar-refractivity contribution >= 4 is 17.1 Å². The van der Waals surface area contributed by atoms with Crippen LogP contribution in [0.2, 0.25) is 0 Å². The zero-order valence-electron chi connectivity index (χ0n) is 16.3. The lowest BCUT2D eigenvalue weighted by molar-refractivity contribution is -0.393. The number of aliphatic hydroxyl groups excluding tert-OH is 1. The van der Waals surface area contributed by atoms with Gasteiger partial charge >= 0.3 is 5.69 Å². The number of nitro benzene ring substituents is 2. The van der Waals surface area contributed by atoms with Crippen LogP contribution < -0.4 is 4.90 Å². The van der Waals surface area contributed by atoms with Gasteiger partial charge in [0.2, 0.25) is 0 Å². The molecule has 1 atom stereocenters. The van der Waals surface area contributed by atoms with Crippen molar-refractivity contribution < 1.29 is 15.0 Å². The van der Waals surface area contributed by atoms with Gasteiger partial charge < -0.3 is 10.0 Å². The van der Waals surface area contributed by atoms with E-state index in [9.17, 15) is 25.3 Å². The number of nitro groups is 2. The molecule has 0 aromatic heterocycles. The molecule has 2 fully saturated rings. The predicted molar refractivity (Wildman–Crippen MR) is 106 cm³/mol. The van der Waals surface area contributed by atoms with Crippen LogP contribution in [0.1, 0.15) is 49.7 Å². The number of piperidine rings is 1. The van der Waals surface area contributed by atoms with Gasteiger partial charge in [0.25, 0.3) is 5.69 Å². The molecule has 0 radical (unpaired) electrons. The van der Waals surface area contributed by atoms with E-state index in [1.165, 1.54) is 18.9 Å². The summed E-state index contributed by atoms with van der Waals surface area (Å²) < 4.78 is 0. The van der Waals surface area contributed by atoms with Crippen molar-refractivity contribution in [2.75, 3.05) is 31.1 Å².